The molecule has 1 unspecified atom stereocenters. The van der Waals surface area contributed by atoms with Crippen LogP contribution in [0.15, 0.2) is 0 Å². The van der Waals surface area contributed by atoms with Crippen molar-refractivity contribution in [3.63, 3.8) is 0 Å². The third-order valence-corrected chi connectivity index (χ3v) is 1.75. The molecule has 0 aliphatic carbocycles. The van der Waals surface area contributed by atoms with Gasteiger partial charge in [0.15, 0.2) is 0 Å². The molecule has 0 aliphatic rings. The normalized spacial score (nSPS) is 10.0. The van der Waals surface area contributed by atoms with Crippen molar-refractivity contribution in [3.8, 4) is 0 Å². The Morgan fingerprint density at radius 1 is 1.31 bits per heavy atom. The Balaban J connectivity index is -0.000000135. The van der Waals surface area contributed by atoms with Crippen molar-refractivity contribution in [1.29, 1.82) is 0 Å². The van der Waals surface area contributed by atoms with Crippen molar-refractivity contribution in [2.75, 3.05) is 0 Å². The zero-order chi connectivity index (χ0) is 7.98. The van der Waals surface area contributed by atoms with Crippen LogP contribution in [0.25, 0.3) is 0 Å². The molecule has 0 aromatic rings. The first-order chi connectivity index (χ1) is 4.72. The summed E-state index contributed by atoms with van der Waals surface area (Å²) in [6, 6.07) is 0. The minimum atomic E-state index is -0.643. The van der Waals surface area contributed by atoms with Gasteiger partial charge in [-0.2, -0.15) is 0 Å². The van der Waals surface area contributed by atoms with Gasteiger partial charge in [-0.25, -0.2) is 0 Å². The molecule has 0 saturated heterocycles. The summed E-state index contributed by atoms with van der Waals surface area (Å²) in [5.74, 6) is -0.754. The summed E-state index contributed by atoms with van der Waals surface area (Å²) in [5, 5.41) is 8.60. The van der Waals surface area contributed by atoms with E-state index < -0.39 is 5.97 Å². The van der Waals surface area contributed by atoms with Crippen LogP contribution in [-0.2, 0) is 31.0 Å². The molecule has 0 bridgehead atoms. The Bertz CT molecular complexity index is 108. The molecule has 0 heterocycles. The van der Waals surface area contributed by atoms with E-state index >= 15 is 0 Å². The van der Waals surface area contributed by atoms with Crippen LogP contribution in [-0.4, -0.2) is 22.0 Å². The number of hydrogen-bond acceptors (Lipinski definition) is 1. The fraction of sp³-hybridized carbons (Fsp3) is 0.875. The molecule has 5 heteroatoms. The Labute approximate surface area is 98.5 Å². The maximum Gasteiger partial charge on any atom is 0.306 e. The van der Waals surface area contributed by atoms with E-state index in [4.69, 9.17) is 5.11 Å². The van der Waals surface area contributed by atoms with Gasteiger partial charge in [-0.3, -0.25) is 4.79 Å². The van der Waals surface area contributed by atoms with E-state index in [-0.39, 0.29) is 43.1 Å². The van der Waals surface area contributed by atoms with Crippen LogP contribution in [0.2, 0.25) is 0 Å². The molecule has 0 radical (unpaired) electrons. The molecule has 80 valence electrons. The van der Waals surface area contributed by atoms with Gasteiger partial charge in [-0.05, 0) is 12.8 Å². The molecule has 0 aromatic carbocycles. The van der Waals surface area contributed by atoms with E-state index in [1.54, 1.807) is 0 Å². The van der Waals surface area contributed by atoms with Crippen molar-refractivity contribution in [2.24, 2.45) is 5.92 Å². The quantitative estimate of drug-likeness (QED) is 0.793. The second kappa shape index (κ2) is 14.8. The molecule has 0 aliphatic heterocycles. The summed E-state index contributed by atoms with van der Waals surface area (Å²) in [4.78, 5) is 10.4. The monoisotopic (exact) mass is 270 g/mol. The van der Waals surface area contributed by atoms with Crippen molar-refractivity contribution < 1.29 is 47.1 Å². The summed E-state index contributed by atoms with van der Waals surface area (Å²) in [6.07, 6.45) is 3.71. The second-order valence-corrected chi connectivity index (χ2v) is 2.59. The maximum absolute atomic E-state index is 10.4. The van der Waals surface area contributed by atoms with Gasteiger partial charge < -0.3 is 16.1 Å². The van der Waals surface area contributed by atoms with Crippen LogP contribution in [0.1, 0.15) is 39.5 Å². The molecule has 0 fully saturated rings. The van der Waals surface area contributed by atoms with Gasteiger partial charge in [0.2, 0.25) is 0 Å². The summed E-state index contributed by atoms with van der Waals surface area (Å²) < 4.78 is 0. The van der Waals surface area contributed by atoms with Gasteiger partial charge in [-0.1, -0.05) is 26.7 Å². The van der Waals surface area contributed by atoms with E-state index in [1.807, 2.05) is 6.92 Å². The van der Waals surface area contributed by atoms with Gasteiger partial charge in [0.05, 0.1) is 5.92 Å². The number of carboxylic acids is 1. The zero-order valence-electron chi connectivity index (χ0n) is 8.26. The predicted molar refractivity (Wildman–Crippen MR) is 48.2 cm³/mol. The van der Waals surface area contributed by atoms with Crippen molar-refractivity contribution in [2.45, 2.75) is 39.5 Å². The fourth-order valence-electron chi connectivity index (χ4n) is 0.953. The number of aliphatic carboxylic acids is 1. The molecular formula is C8H20O4Zr. The largest absolute Gasteiger partial charge is 0.481 e. The Kier molecular flexibility index (Phi) is 26.4. The SMILES string of the molecule is CCCCC(CC)C(=O)O.O.O.[Zr]. The third-order valence-electron chi connectivity index (χ3n) is 1.75. The van der Waals surface area contributed by atoms with E-state index in [1.165, 1.54) is 0 Å². The number of hydrogen-bond donors (Lipinski definition) is 1. The van der Waals surface area contributed by atoms with E-state index in [2.05, 4.69) is 6.92 Å². The molecular weight excluding hydrogens is 251 g/mol. The average molecular weight is 271 g/mol. The topological polar surface area (TPSA) is 100 Å². The van der Waals surface area contributed by atoms with Gasteiger partial charge in [0.25, 0.3) is 0 Å². The number of carbonyl (C=O) groups is 1. The van der Waals surface area contributed by atoms with Crippen LogP contribution < -0.4 is 0 Å². The van der Waals surface area contributed by atoms with E-state index in [0.717, 1.165) is 25.7 Å². The standard InChI is InChI=1S/C8H16O2.2H2O.Zr/c1-3-5-6-7(4-2)8(9)10;;;/h7H,3-6H2,1-2H3,(H,9,10);2*1H2;. The van der Waals surface area contributed by atoms with Crippen LogP contribution in [0.4, 0.5) is 0 Å². The minimum absolute atomic E-state index is 0. The first-order valence-electron chi connectivity index (χ1n) is 3.95. The molecule has 4 nitrogen and oxygen atoms in total. The van der Waals surface area contributed by atoms with Crippen molar-refractivity contribution >= 4 is 5.97 Å². The van der Waals surface area contributed by atoms with Gasteiger partial charge >= 0.3 is 5.97 Å². The average Bonchev–Trinajstić information content (AvgIpc) is 1.89. The number of carboxylic acid groups (broad SMARTS) is 1. The van der Waals surface area contributed by atoms with Crippen molar-refractivity contribution in [1.82, 2.24) is 0 Å². The second-order valence-electron chi connectivity index (χ2n) is 2.59. The summed E-state index contributed by atoms with van der Waals surface area (Å²) >= 11 is 0. The number of rotatable bonds is 5. The fourth-order valence-corrected chi connectivity index (χ4v) is 0.953. The minimum Gasteiger partial charge on any atom is -0.481 e. The molecule has 0 rings (SSSR count). The smallest absolute Gasteiger partial charge is 0.306 e. The summed E-state index contributed by atoms with van der Waals surface area (Å²) in [7, 11) is 0. The molecule has 5 N–H and O–H groups in total. The first-order valence-corrected chi connectivity index (χ1v) is 3.95. The predicted octanol–water partition coefficient (Wildman–Crippen LogP) is 0.635. The Morgan fingerprint density at radius 2 is 1.77 bits per heavy atom. The first kappa shape index (κ1) is 23.3. The van der Waals surface area contributed by atoms with Gasteiger partial charge in [0, 0.05) is 26.2 Å². The molecule has 13 heavy (non-hydrogen) atoms. The van der Waals surface area contributed by atoms with E-state index in [0.29, 0.717) is 0 Å². The van der Waals surface area contributed by atoms with Crippen LogP contribution in [0.5, 0.6) is 0 Å². The summed E-state index contributed by atoms with van der Waals surface area (Å²) in [6.45, 7) is 4.00. The van der Waals surface area contributed by atoms with E-state index in [9.17, 15) is 4.79 Å². The zero-order valence-corrected chi connectivity index (χ0v) is 10.7. The third kappa shape index (κ3) is 12.3. The Morgan fingerprint density at radius 3 is 2.00 bits per heavy atom. The molecule has 0 spiro atoms. The van der Waals surface area contributed by atoms with Crippen LogP contribution in [0.3, 0.4) is 0 Å². The van der Waals surface area contributed by atoms with Gasteiger partial charge in [-0.15, -0.1) is 0 Å². The molecule has 0 saturated carbocycles. The number of unbranched alkanes of at least 4 members (excludes halogenated alkanes) is 1. The maximum atomic E-state index is 10.4. The molecule has 0 aromatic heterocycles. The Hall–Kier alpha value is 0.273. The molecule has 0 amide bonds. The van der Waals surface area contributed by atoms with Gasteiger partial charge in [0.1, 0.15) is 0 Å². The van der Waals surface area contributed by atoms with Crippen LogP contribution in [0, 0.1) is 5.92 Å². The van der Waals surface area contributed by atoms with Crippen molar-refractivity contribution in [3.05, 3.63) is 0 Å². The summed E-state index contributed by atoms with van der Waals surface area (Å²) in [5.41, 5.74) is 0. The van der Waals surface area contributed by atoms with Crippen LogP contribution >= 0.6 is 0 Å². The molecule has 1 atom stereocenters.